The molecule has 1 aliphatic carbocycles. The topological polar surface area (TPSA) is 28.0 Å². The van der Waals surface area contributed by atoms with Crippen LogP contribution in [0, 0.1) is 5.41 Å². The summed E-state index contributed by atoms with van der Waals surface area (Å²) in [5, 5.41) is 5.20. The van der Waals surface area contributed by atoms with Crippen molar-refractivity contribution in [1.82, 2.24) is 5.01 Å². The zero-order valence-corrected chi connectivity index (χ0v) is 13.6. The Morgan fingerprint density at radius 1 is 1.24 bits per heavy atom. The quantitative estimate of drug-likeness (QED) is 0.429. The van der Waals surface area contributed by atoms with Gasteiger partial charge in [-0.15, -0.1) is 0 Å². The Morgan fingerprint density at radius 3 is 2.40 bits per heavy atom. The molecule has 0 spiro atoms. The van der Waals surface area contributed by atoms with E-state index < -0.39 is 17.8 Å². The molecule has 0 bridgehead atoms. The lowest BCUT2D eigenvalue weighted by Crippen LogP contribution is -2.29. The highest BCUT2D eigenvalue weighted by Crippen LogP contribution is 2.61. The second-order valence-corrected chi connectivity index (χ2v) is 6.47. The number of amidine groups is 1. The maximum absolute atomic E-state index is 14.4. The van der Waals surface area contributed by atoms with E-state index in [4.69, 9.17) is 0 Å². The molecular weight excluding hydrogens is 334 g/mol. The van der Waals surface area contributed by atoms with Crippen molar-refractivity contribution in [3.05, 3.63) is 48.0 Å². The van der Waals surface area contributed by atoms with Crippen molar-refractivity contribution in [2.45, 2.75) is 37.7 Å². The number of nitrogens with zero attached hydrogens (tertiary/aromatic N) is 3. The third kappa shape index (κ3) is 3.07. The minimum absolute atomic E-state index is 0.0166. The Balaban J connectivity index is 1.78. The molecule has 25 heavy (non-hydrogen) atoms. The Bertz CT molecular complexity index is 692. The number of aliphatic imine (C=N–C) groups is 1. The van der Waals surface area contributed by atoms with Crippen LogP contribution in [0.5, 0.6) is 0 Å². The van der Waals surface area contributed by atoms with E-state index in [1.54, 1.807) is 0 Å². The molecule has 1 aliphatic heterocycles. The highest BCUT2D eigenvalue weighted by Gasteiger charge is 2.64. The van der Waals surface area contributed by atoms with Gasteiger partial charge in [-0.3, -0.25) is 4.99 Å². The summed E-state index contributed by atoms with van der Waals surface area (Å²) >= 11 is 0. The second-order valence-electron chi connectivity index (χ2n) is 6.47. The molecule has 1 saturated carbocycles. The number of alkyl halides is 4. The molecule has 3 rings (SSSR count). The summed E-state index contributed by atoms with van der Waals surface area (Å²) in [6.45, 7) is 6.75. The molecule has 0 aromatic heterocycles. The van der Waals surface area contributed by atoms with E-state index in [0.717, 1.165) is 5.56 Å². The van der Waals surface area contributed by atoms with Crippen molar-refractivity contribution in [1.29, 1.82) is 0 Å². The van der Waals surface area contributed by atoms with Crippen LogP contribution in [0.4, 0.5) is 17.6 Å². The first-order chi connectivity index (χ1) is 11.8. The molecular formula is C18H19F4N3. The van der Waals surface area contributed by atoms with Crippen LogP contribution < -0.4 is 0 Å². The predicted octanol–water partition coefficient (Wildman–Crippen LogP) is 4.68. The molecule has 0 radical (unpaired) electrons. The summed E-state index contributed by atoms with van der Waals surface area (Å²) in [6.07, 6.45) is -5.55. The Labute approximate surface area is 143 Å². The summed E-state index contributed by atoms with van der Waals surface area (Å²) in [5.74, 6) is 0.0166. The monoisotopic (exact) mass is 353 g/mol. The van der Waals surface area contributed by atoms with Crippen LogP contribution in [0.1, 0.15) is 30.9 Å². The number of hydrogen-bond donors (Lipinski definition) is 0. The van der Waals surface area contributed by atoms with Crippen molar-refractivity contribution in [2.75, 3.05) is 6.54 Å². The van der Waals surface area contributed by atoms with Crippen LogP contribution in [-0.4, -0.2) is 36.5 Å². The van der Waals surface area contributed by atoms with Gasteiger partial charge in [0, 0.05) is 13.1 Å². The Hall–Kier alpha value is -2.18. The number of halogens is 4. The average molecular weight is 353 g/mol. The molecule has 2 fully saturated rings. The molecule has 7 heteroatoms. The van der Waals surface area contributed by atoms with Crippen molar-refractivity contribution in [3.63, 3.8) is 0 Å². The maximum Gasteiger partial charge on any atom is 0.398 e. The fourth-order valence-electron chi connectivity index (χ4n) is 3.29. The largest absolute Gasteiger partial charge is 0.398 e. The van der Waals surface area contributed by atoms with Gasteiger partial charge in [-0.05, 0) is 24.0 Å². The van der Waals surface area contributed by atoms with Crippen molar-refractivity contribution in [3.8, 4) is 0 Å². The zero-order valence-electron chi connectivity index (χ0n) is 13.6. The van der Waals surface area contributed by atoms with Crippen molar-refractivity contribution >= 4 is 12.6 Å². The first-order valence-corrected chi connectivity index (χ1v) is 8.04. The van der Waals surface area contributed by atoms with Gasteiger partial charge in [0.05, 0.1) is 18.0 Å². The molecule has 1 saturated heterocycles. The van der Waals surface area contributed by atoms with Gasteiger partial charge < -0.3 is 0 Å². The van der Waals surface area contributed by atoms with Gasteiger partial charge in [0.25, 0.3) is 0 Å². The van der Waals surface area contributed by atoms with E-state index in [9.17, 15) is 17.6 Å². The number of benzene rings is 1. The fraction of sp³-hybridized carbons (Fsp3) is 0.444. The first kappa shape index (κ1) is 17.6. The van der Waals surface area contributed by atoms with Gasteiger partial charge >= 0.3 is 6.18 Å². The highest BCUT2D eigenvalue weighted by atomic mass is 19.4. The lowest BCUT2D eigenvalue weighted by molar-refractivity contribution is -0.175. The van der Waals surface area contributed by atoms with Crippen LogP contribution in [-0.2, 0) is 0 Å². The van der Waals surface area contributed by atoms with Crippen LogP contribution in [0.25, 0.3) is 0 Å². The third-order valence-corrected chi connectivity index (χ3v) is 4.98. The fourth-order valence-corrected chi connectivity index (χ4v) is 3.29. The molecule has 2 unspecified atom stereocenters. The van der Waals surface area contributed by atoms with E-state index in [-0.39, 0.29) is 43.3 Å². The van der Waals surface area contributed by atoms with E-state index in [0.29, 0.717) is 0 Å². The summed E-state index contributed by atoms with van der Waals surface area (Å²) in [5.41, 5.74) is -1.02. The molecule has 2 aliphatic rings. The lowest BCUT2D eigenvalue weighted by atomic mass is 9.96. The first-order valence-electron chi connectivity index (χ1n) is 8.04. The van der Waals surface area contributed by atoms with Crippen LogP contribution >= 0.6 is 0 Å². The summed E-state index contributed by atoms with van der Waals surface area (Å²) in [6, 6.07) is 8.85. The van der Waals surface area contributed by atoms with Gasteiger partial charge in [-0.25, -0.2) is 9.40 Å². The molecule has 1 heterocycles. The normalized spacial score (nSPS) is 26.7. The van der Waals surface area contributed by atoms with E-state index in [1.165, 1.54) is 5.01 Å². The zero-order chi connectivity index (χ0) is 18.2. The average Bonchev–Trinajstić information content (AvgIpc) is 3.34. The highest BCUT2D eigenvalue weighted by molar-refractivity contribution is 5.89. The van der Waals surface area contributed by atoms with Crippen molar-refractivity contribution < 1.29 is 17.6 Å². The van der Waals surface area contributed by atoms with Gasteiger partial charge in [-0.2, -0.15) is 18.3 Å². The lowest BCUT2D eigenvalue weighted by Gasteiger charge is -2.23. The van der Waals surface area contributed by atoms with Gasteiger partial charge in [0.15, 0.2) is 12.0 Å². The minimum Gasteiger partial charge on any atom is -0.264 e. The molecule has 1 aromatic carbocycles. The summed E-state index contributed by atoms with van der Waals surface area (Å²) < 4.78 is 53.8. The minimum atomic E-state index is -4.34. The SMILES string of the molecule is C=NN1C(=NCC(=C)C2(C(F)(F)F)CC2)C(F)CC1c1ccccc1. The molecule has 1 aromatic rings. The number of rotatable bonds is 5. The Morgan fingerprint density at radius 2 is 1.88 bits per heavy atom. The van der Waals surface area contributed by atoms with E-state index >= 15 is 0 Å². The molecule has 134 valence electrons. The maximum atomic E-state index is 14.4. The molecule has 0 amide bonds. The second kappa shape index (κ2) is 6.28. The third-order valence-electron chi connectivity index (χ3n) is 4.98. The number of hydrogen-bond acceptors (Lipinski definition) is 2. The van der Waals surface area contributed by atoms with Gasteiger partial charge in [0.2, 0.25) is 0 Å². The van der Waals surface area contributed by atoms with E-state index in [2.05, 4.69) is 23.4 Å². The predicted molar refractivity (Wildman–Crippen MR) is 89.2 cm³/mol. The van der Waals surface area contributed by atoms with Crippen LogP contribution in [0.2, 0.25) is 0 Å². The smallest absolute Gasteiger partial charge is 0.264 e. The van der Waals surface area contributed by atoms with Gasteiger partial charge in [-0.1, -0.05) is 36.9 Å². The standard InChI is InChI=1S/C18H19F4N3/c1-12(17(8-9-17)18(20,21)22)11-24-16-14(19)10-15(25(16)23-2)13-6-4-3-5-7-13/h3-7,14-15H,1-2,8-11H2. The Kier molecular flexibility index (Phi) is 4.43. The van der Waals surface area contributed by atoms with Crippen molar-refractivity contribution in [2.24, 2.45) is 15.5 Å². The molecule has 2 atom stereocenters. The van der Waals surface area contributed by atoms with Crippen LogP contribution in [0.3, 0.4) is 0 Å². The van der Waals surface area contributed by atoms with E-state index in [1.807, 2.05) is 30.3 Å². The summed E-state index contributed by atoms with van der Waals surface area (Å²) in [7, 11) is 0. The van der Waals surface area contributed by atoms with Crippen LogP contribution in [0.15, 0.2) is 52.6 Å². The van der Waals surface area contributed by atoms with Gasteiger partial charge in [0.1, 0.15) is 0 Å². The molecule has 3 nitrogen and oxygen atoms in total. The molecule has 0 N–H and O–H groups in total. The summed E-state index contributed by atoms with van der Waals surface area (Å²) in [4.78, 5) is 4.09. The number of hydrazone groups is 1.